The lowest BCUT2D eigenvalue weighted by Gasteiger charge is -2.24. The van der Waals surface area contributed by atoms with E-state index < -0.39 is 13.9 Å². The third-order valence-electron chi connectivity index (χ3n) is 9.63. The number of rotatable bonds is 42. The maximum absolute atomic E-state index is 12.7. The molecule has 9 heteroatoms. The molecule has 0 aliphatic carbocycles. The van der Waals surface area contributed by atoms with Crippen molar-refractivity contribution in [2.75, 3.05) is 47.5 Å². The van der Waals surface area contributed by atoms with Crippen LogP contribution in [0.2, 0.25) is 0 Å². The number of hydrogen-bond acceptors (Lipinski definition) is 6. The van der Waals surface area contributed by atoms with Gasteiger partial charge >= 0.3 is 13.8 Å². The molecular formula is C48H89NO7P+. The highest BCUT2D eigenvalue weighted by molar-refractivity contribution is 7.47. The van der Waals surface area contributed by atoms with Gasteiger partial charge in [-0.25, -0.2) is 4.57 Å². The molecule has 2 atom stereocenters. The fraction of sp³-hybridized carbons (Fsp3) is 0.771. The first kappa shape index (κ1) is 55.0. The van der Waals surface area contributed by atoms with Gasteiger partial charge in [-0.15, -0.1) is 0 Å². The SMILES string of the molecule is CCC/C=C/C/C=C/C/C=C/C/C=C/CCCCCC(=O)O[C@H](CO/C=C/CCCCCCCCCCCCCCCCCC)COP(=O)(O)OCC[N+](C)(C)C. The van der Waals surface area contributed by atoms with Crippen molar-refractivity contribution in [2.45, 2.75) is 193 Å². The fourth-order valence-electron chi connectivity index (χ4n) is 6.04. The number of phosphoric ester groups is 1. The number of ether oxygens (including phenoxy) is 2. The highest BCUT2D eigenvalue weighted by Crippen LogP contribution is 2.43. The molecule has 0 saturated heterocycles. The predicted octanol–water partition coefficient (Wildman–Crippen LogP) is 14.1. The molecule has 0 bridgehead atoms. The van der Waals surface area contributed by atoms with Gasteiger partial charge in [-0.2, -0.15) is 0 Å². The molecule has 0 radical (unpaired) electrons. The topological polar surface area (TPSA) is 91.3 Å². The molecule has 57 heavy (non-hydrogen) atoms. The second-order valence-electron chi connectivity index (χ2n) is 16.5. The van der Waals surface area contributed by atoms with E-state index >= 15 is 0 Å². The van der Waals surface area contributed by atoms with Crippen LogP contribution in [0.1, 0.15) is 187 Å². The summed E-state index contributed by atoms with van der Waals surface area (Å²) in [5, 5.41) is 0. The molecule has 0 aliphatic rings. The normalized spacial score (nSPS) is 14.2. The Hall–Kier alpha value is -1.96. The third kappa shape index (κ3) is 45.0. The number of likely N-dealkylation sites (N-methyl/N-ethyl adjacent to an activating group) is 1. The summed E-state index contributed by atoms with van der Waals surface area (Å²) < 4.78 is 34.8. The van der Waals surface area contributed by atoms with Crippen LogP contribution >= 0.6 is 7.82 Å². The van der Waals surface area contributed by atoms with Crippen LogP contribution in [0.3, 0.4) is 0 Å². The van der Waals surface area contributed by atoms with Crippen LogP contribution < -0.4 is 0 Å². The van der Waals surface area contributed by atoms with Crippen molar-refractivity contribution >= 4 is 13.8 Å². The lowest BCUT2D eigenvalue weighted by atomic mass is 10.0. The van der Waals surface area contributed by atoms with Gasteiger partial charge in [0.15, 0.2) is 6.10 Å². The molecule has 0 saturated carbocycles. The molecule has 0 aliphatic heterocycles. The minimum absolute atomic E-state index is 0.0337. The van der Waals surface area contributed by atoms with Gasteiger partial charge in [0.1, 0.15) is 19.8 Å². The largest absolute Gasteiger partial charge is 0.498 e. The number of carbonyl (C=O) groups is 1. The average molecular weight is 823 g/mol. The summed E-state index contributed by atoms with van der Waals surface area (Å²) in [7, 11) is 1.61. The van der Waals surface area contributed by atoms with Gasteiger partial charge in [-0.3, -0.25) is 13.8 Å². The van der Waals surface area contributed by atoms with Crippen molar-refractivity contribution in [3.8, 4) is 0 Å². The number of hydrogen-bond donors (Lipinski definition) is 1. The van der Waals surface area contributed by atoms with E-state index in [2.05, 4.69) is 62.5 Å². The number of unbranched alkanes of at least 4 members (excludes halogenated alkanes) is 20. The van der Waals surface area contributed by atoms with Crippen molar-refractivity contribution in [1.82, 2.24) is 0 Å². The molecule has 0 spiro atoms. The number of phosphoric acid groups is 1. The standard InChI is InChI=1S/C48H88NO7P/c1-6-8-10-12-14-16-18-20-22-24-26-28-30-32-34-36-38-40-43-53-45-47(46-55-57(51,52)54-44-42-49(3,4)5)56-48(50)41-39-37-35-33-31-29-27-25-23-21-19-17-15-13-11-9-7-2/h11,13,17,19,23,25,29,31,40,43,47H,6-10,12,14-16,18,20-22,24,26-28,30,32-39,41-42,44-46H2,1-5H3/p+1/b13-11+,19-17+,25-23+,31-29+,43-40+/t47-/m1/s1. The minimum atomic E-state index is -4.30. The van der Waals surface area contributed by atoms with Gasteiger partial charge in [0.2, 0.25) is 0 Å². The number of allylic oxidation sites excluding steroid dienone is 9. The highest BCUT2D eigenvalue weighted by Gasteiger charge is 2.26. The molecule has 0 aromatic heterocycles. The summed E-state index contributed by atoms with van der Waals surface area (Å²) >= 11 is 0. The first-order valence-corrected chi connectivity index (χ1v) is 24.6. The van der Waals surface area contributed by atoms with Crippen LogP contribution in [0.5, 0.6) is 0 Å². The second kappa shape index (κ2) is 40.8. The zero-order valence-electron chi connectivity index (χ0n) is 37.6. The Morgan fingerprint density at radius 3 is 1.53 bits per heavy atom. The van der Waals surface area contributed by atoms with Gasteiger partial charge in [-0.1, -0.05) is 172 Å². The summed E-state index contributed by atoms with van der Waals surface area (Å²) in [6, 6.07) is 0. The summed E-state index contributed by atoms with van der Waals surface area (Å²) in [6.45, 7) is 4.83. The van der Waals surface area contributed by atoms with Crippen LogP contribution in [0, 0.1) is 0 Å². The maximum Gasteiger partial charge on any atom is 0.472 e. The summed E-state index contributed by atoms with van der Waals surface area (Å²) in [5.74, 6) is -0.366. The lowest BCUT2D eigenvalue weighted by Crippen LogP contribution is -2.37. The van der Waals surface area contributed by atoms with Gasteiger partial charge in [0.05, 0.1) is 34.0 Å². The molecule has 0 aromatic rings. The first-order valence-electron chi connectivity index (χ1n) is 23.1. The van der Waals surface area contributed by atoms with Crippen LogP contribution in [0.4, 0.5) is 0 Å². The van der Waals surface area contributed by atoms with Crippen LogP contribution in [0.15, 0.2) is 60.9 Å². The molecule has 0 amide bonds. The van der Waals surface area contributed by atoms with Crippen molar-refractivity contribution in [3.63, 3.8) is 0 Å². The number of nitrogens with zero attached hydrogens (tertiary/aromatic N) is 1. The number of carbonyl (C=O) groups excluding carboxylic acids is 1. The molecule has 0 fully saturated rings. The van der Waals surface area contributed by atoms with Crippen molar-refractivity contribution in [2.24, 2.45) is 0 Å². The van der Waals surface area contributed by atoms with Gasteiger partial charge in [-0.05, 0) is 63.9 Å². The first-order chi connectivity index (χ1) is 27.6. The quantitative estimate of drug-likeness (QED) is 0.0164. The Bertz CT molecular complexity index is 1090. The van der Waals surface area contributed by atoms with Crippen LogP contribution in [-0.2, 0) is 27.9 Å². The molecule has 0 heterocycles. The van der Waals surface area contributed by atoms with E-state index in [1.54, 1.807) is 6.26 Å². The highest BCUT2D eigenvalue weighted by atomic mass is 31.2. The van der Waals surface area contributed by atoms with E-state index in [-0.39, 0.29) is 32.2 Å². The minimum Gasteiger partial charge on any atom is -0.498 e. The summed E-state index contributed by atoms with van der Waals surface area (Å²) in [5.41, 5.74) is 0. The summed E-state index contributed by atoms with van der Waals surface area (Å²) in [4.78, 5) is 22.9. The number of quaternary nitrogens is 1. The third-order valence-corrected chi connectivity index (χ3v) is 10.6. The van der Waals surface area contributed by atoms with E-state index in [1.807, 2.05) is 27.2 Å². The Morgan fingerprint density at radius 2 is 1.02 bits per heavy atom. The maximum atomic E-state index is 12.7. The molecule has 1 N–H and O–H groups in total. The summed E-state index contributed by atoms with van der Waals surface area (Å²) in [6.07, 6.45) is 52.1. The average Bonchev–Trinajstić information content (AvgIpc) is 3.16. The Morgan fingerprint density at radius 1 is 0.561 bits per heavy atom. The Kier molecular flexibility index (Phi) is 39.4. The van der Waals surface area contributed by atoms with Gasteiger partial charge in [0, 0.05) is 6.42 Å². The van der Waals surface area contributed by atoms with Crippen molar-refractivity contribution in [1.29, 1.82) is 0 Å². The van der Waals surface area contributed by atoms with Crippen molar-refractivity contribution < 1.29 is 37.3 Å². The van der Waals surface area contributed by atoms with E-state index in [0.29, 0.717) is 17.4 Å². The van der Waals surface area contributed by atoms with Gasteiger partial charge < -0.3 is 18.9 Å². The molecule has 1 unspecified atom stereocenters. The lowest BCUT2D eigenvalue weighted by molar-refractivity contribution is -0.870. The van der Waals surface area contributed by atoms with Crippen LogP contribution in [-0.4, -0.2) is 69.0 Å². The zero-order chi connectivity index (χ0) is 42.0. The fourth-order valence-corrected chi connectivity index (χ4v) is 6.78. The molecule has 8 nitrogen and oxygen atoms in total. The molecule has 332 valence electrons. The second-order valence-corrected chi connectivity index (χ2v) is 18.0. The van der Waals surface area contributed by atoms with E-state index in [9.17, 15) is 14.3 Å². The van der Waals surface area contributed by atoms with E-state index in [0.717, 1.165) is 57.8 Å². The predicted molar refractivity (Wildman–Crippen MR) is 242 cm³/mol. The Labute approximate surface area is 351 Å². The monoisotopic (exact) mass is 823 g/mol. The van der Waals surface area contributed by atoms with Crippen LogP contribution in [0.25, 0.3) is 0 Å². The Balaban J connectivity index is 4.32. The number of esters is 1. The smallest absolute Gasteiger partial charge is 0.472 e. The zero-order valence-corrected chi connectivity index (χ0v) is 38.5. The van der Waals surface area contributed by atoms with E-state index in [1.165, 1.54) is 103 Å². The molecule has 0 rings (SSSR count). The van der Waals surface area contributed by atoms with Gasteiger partial charge in [0.25, 0.3) is 0 Å². The van der Waals surface area contributed by atoms with Crippen molar-refractivity contribution in [3.05, 3.63) is 60.9 Å². The molecule has 0 aromatic carbocycles. The van der Waals surface area contributed by atoms with E-state index in [4.69, 9.17) is 18.5 Å². The molecular weight excluding hydrogens is 734 g/mol.